The Morgan fingerprint density at radius 1 is 0.600 bits per heavy atom. The van der Waals surface area contributed by atoms with Crippen LogP contribution < -0.4 is 5.32 Å². The zero-order valence-corrected chi connectivity index (χ0v) is 37.0. The number of carbonyl (C=O) groups excluding carboxylic acids is 9. The number of aliphatic hydroxyl groups is 1. The van der Waals surface area contributed by atoms with E-state index in [1.807, 2.05) is 72.8 Å². The molecule has 0 atom stereocenters. The van der Waals surface area contributed by atoms with Gasteiger partial charge in [-0.3, -0.25) is 48.3 Å². The molecule has 0 saturated carbocycles. The molecule has 0 radical (unpaired) electrons. The maximum Gasteiger partial charge on any atom is 0.407 e. The number of isocyanates is 1. The second kappa shape index (κ2) is 33.7. The summed E-state index contributed by atoms with van der Waals surface area (Å²) in [5.41, 5.74) is 2.17. The standard InChI is InChI=1S/C19H22N2O4.C10H12ClNO3.C10H12N2O3.C9H10O/c22-17-11-12-18(23)21(17)14-6-2-5-13-20-19(24)25-15-7-10-16-8-3-1-4-9-16;11-8(13)4-2-1-3-7-12-9(14)5-6-10(12)15;13-8-11-6-2-1-3-7-12-9(14)4-5-10(12)15;10-8-4-7-9-5-2-1-3-6-9/h1,3-4,7-12H,2,5-6,13-15H2,(H,20,24);5-6H,1-4,7H2;4-5H,1-3,6-7H2;1-7,10H,8H2/b10-7+;;;7-4+. The largest absolute Gasteiger partial charge is 0.445 e. The lowest BCUT2D eigenvalue weighted by Gasteiger charge is -2.13. The molecule has 7 amide bonds. The number of aliphatic imine (C=N–C) groups is 1. The number of nitrogens with zero attached hydrogens (tertiary/aromatic N) is 4. The molecule has 0 spiro atoms. The molecule has 5 rings (SSSR count). The zero-order chi connectivity index (χ0) is 47.5. The van der Waals surface area contributed by atoms with E-state index in [4.69, 9.17) is 21.4 Å². The Balaban J connectivity index is 0.000000315. The van der Waals surface area contributed by atoms with Crippen LogP contribution in [0.5, 0.6) is 0 Å². The summed E-state index contributed by atoms with van der Waals surface area (Å²) in [6.07, 6.45) is 23.1. The van der Waals surface area contributed by atoms with Crippen molar-refractivity contribution in [1.82, 2.24) is 20.0 Å². The van der Waals surface area contributed by atoms with Crippen molar-refractivity contribution in [3.05, 3.63) is 120 Å². The van der Waals surface area contributed by atoms with Gasteiger partial charge in [-0.1, -0.05) is 85.3 Å². The number of hydrogen-bond donors (Lipinski definition) is 2. The number of rotatable bonds is 23. The summed E-state index contributed by atoms with van der Waals surface area (Å²) in [4.78, 5) is 106. The molecule has 65 heavy (non-hydrogen) atoms. The molecule has 0 fully saturated rings. The van der Waals surface area contributed by atoms with Crippen molar-refractivity contribution in [1.29, 1.82) is 0 Å². The number of hydrogen-bond acceptors (Lipinski definition) is 12. The van der Waals surface area contributed by atoms with Crippen LogP contribution in [0.25, 0.3) is 12.2 Å². The summed E-state index contributed by atoms with van der Waals surface area (Å²) >= 11 is 5.16. The molecule has 0 aromatic heterocycles. The van der Waals surface area contributed by atoms with Gasteiger partial charge in [-0.05, 0) is 80.2 Å². The first kappa shape index (κ1) is 54.3. The highest BCUT2D eigenvalue weighted by Gasteiger charge is 2.24. The molecule has 3 heterocycles. The van der Waals surface area contributed by atoms with Crippen LogP contribution in [0, 0.1) is 0 Å². The van der Waals surface area contributed by atoms with Gasteiger partial charge in [0.1, 0.15) is 6.61 Å². The SMILES string of the molecule is O=C(Cl)CCCCCN1C(=O)C=CC1=O.O=C(NCCCCCN1C(=O)C=CC1=O)OC/C=C/c1ccccc1.O=C=NCCCCCN1C(=O)C=CC1=O.OC/C=C/c1ccccc1. The lowest BCUT2D eigenvalue weighted by atomic mass is 10.2. The number of nitrogens with one attached hydrogen (secondary N) is 1. The summed E-state index contributed by atoms with van der Waals surface area (Å²) in [6.45, 7) is 2.56. The van der Waals surface area contributed by atoms with Crippen molar-refractivity contribution in [2.45, 2.75) is 64.2 Å². The van der Waals surface area contributed by atoms with Crippen molar-refractivity contribution >= 4 is 76.6 Å². The van der Waals surface area contributed by atoms with E-state index in [1.54, 1.807) is 12.2 Å². The fourth-order valence-electron chi connectivity index (χ4n) is 5.79. The van der Waals surface area contributed by atoms with E-state index >= 15 is 0 Å². The van der Waals surface area contributed by atoms with E-state index in [2.05, 4.69) is 10.3 Å². The predicted molar refractivity (Wildman–Crippen MR) is 245 cm³/mol. The molecule has 3 aliphatic rings. The van der Waals surface area contributed by atoms with E-state index in [9.17, 15) is 43.2 Å². The molecule has 2 aromatic rings. The Morgan fingerprint density at radius 2 is 1.02 bits per heavy atom. The Bertz CT molecular complexity index is 1960. The van der Waals surface area contributed by atoms with Crippen LogP contribution in [0.4, 0.5) is 4.79 Å². The number of amides is 7. The lowest BCUT2D eigenvalue weighted by Crippen LogP contribution is -2.31. The second-order valence-electron chi connectivity index (χ2n) is 14.1. The van der Waals surface area contributed by atoms with Crippen molar-refractivity contribution in [3.63, 3.8) is 0 Å². The fraction of sp³-hybridized carbons (Fsp3) is 0.354. The molecule has 16 nitrogen and oxygen atoms in total. The van der Waals surface area contributed by atoms with E-state index in [-0.39, 0.29) is 53.9 Å². The number of aliphatic hydroxyl groups excluding tert-OH is 1. The fourth-order valence-corrected chi connectivity index (χ4v) is 5.92. The molecule has 0 saturated heterocycles. The third-order valence-electron chi connectivity index (χ3n) is 9.14. The van der Waals surface area contributed by atoms with Gasteiger partial charge in [-0.15, -0.1) is 0 Å². The third kappa shape index (κ3) is 24.5. The molecular weight excluding hydrogens is 858 g/mol. The Morgan fingerprint density at radius 3 is 1.43 bits per heavy atom. The van der Waals surface area contributed by atoms with Crippen LogP contribution in [0.15, 0.2) is 114 Å². The first-order chi connectivity index (χ1) is 31.5. The van der Waals surface area contributed by atoms with Crippen LogP contribution in [0.2, 0.25) is 0 Å². The highest BCUT2D eigenvalue weighted by atomic mass is 35.5. The molecule has 346 valence electrons. The lowest BCUT2D eigenvalue weighted by molar-refractivity contribution is -0.138. The van der Waals surface area contributed by atoms with Crippen LogP contribution in [0.3, 0.4) is 0 Å². The second-order valence-corrected chi connectivity index (χ2v) is 14.5. The van der Waals surface area contributed by atoms with E-state index in [0.717, 1.165) is 56.1 Å². The average molecular weight is 914 g/mol. The van der Waals surface area contributed by atoms with Gasteiger partial charge < -0.3 is 15.2 Å². The maximum atomic E-state index is 11.5. The zero-order valence-electron chi connectivity index (χ0n) is 36.3. The van der Waals surface area contributed by atoms with E-state index in [1.165, 1.54) is 57.2 Å². The van der Waals surface area contributed by atoms with Crippen molar-refractivity contribution in [2.24, 2.45) is 4.99 Å². The van der Waals surface area contributed by atoms with Gasteiger partial charge in [0.05, 0.1) is 13.2 Å². The molecule has 2 N–H and O–H groups in total. The Kier molecular flexibility index (Phi) is 28.1. The molecular formula is C48H56ClN5O11. The van der Waals surface area contributed by atoms with Crippen molar-refractivity contribution in [2.75, 3.05) is 45.9 Å². The number of benzene rings is 2. The molecule has 3 aliphatic heterocycles. The smallest absolute Gasteiger partial charge is 0.407 e. The Hall–Kier alpha value is -6.87. The third-order valence-corrected chi connectivity index (χ3v) is 9.33. The van der Waals surface area contributed by atoms with E-state index in [0.29, 0.717) is 52.0 Å². The number of carbonyl (C=O) groups is 8. The van der Waals surface area contributed by atoms with Crippen LogP contribution >= 0.6 is 11.6 Å². The van der Waals surface area contributed by atoms with Crippen molar-refractivity contribution in [3.8, 4) is 0 Å². The maximum absolute atomic E-state index is 11.5. The Labute approximate surface area is 384 Å². The average Bonchev–Trinajstić information content (AvgIpc) is 3.93. The number of imide groups is 3. The summed E-state index contributed by atoms with van der Waals surface area (Å²) in [7, 11) is 0. The molecule has 2 aromatic carbocycles. The van der Waals surface area contributed by atoms with Crippen LogP contribution in [-0.2, 0) is 43.1 Å². The van der Waals surface area contributed by atoms with Crippen LogP contribution in [-0.4, -0.2) is 119 Å². The normalized spacial score (nSPS) is 13.7. The quantitative estimate of drug-likeness (QED) is 0.0442. The minimum Gasteiger partial charge on any atom is -0.445 e. The van der Waals surface area contributed by atoms with Crippen LogP contribution in [0.1, 0.15) is 75.3 Å². The minimum atomic E-state index is -0.452. The first-order valence-corrected chi connectivity index (χ1v) is 21.6. The molecule has 0 unspecified atom stereocenters. The number of ether oxygens (including phenoxy) is 1. The van der Waals surface area contributed by atoms with Gasteiger partial charge in [0.25, 0.3) is 35.4 Å². The summed E-state index contributed by atoms with van der Waals surface area (Å²) in [5, 5.41) is 10.8. The number of alkyl carbamates (subject to hydrolysis) is 1. The van der Waals surface area contributed by atoms with Gasteiger partial charge in [-0.2, -0.15) is 0 Å². The van der Waals surface area contributed by atoms with Crippen molar-refractivity contribution < 1.29 is 53.0 Å². The predicted octanol–water partition coefficient (Wildman–Crippen LogP) is 5.87. The highest BCUT2D eigenvalue weighted by Crippen LogP contribution is 2.10. The first-order valence-electron chi connectivity index (χ1n) is 21.2. The van der Waals surface area contributed by atoms with Gasteiger partial charge in [0.15, 0.2) is 0 Å². The summed E-state index contributed by atoms with van der Waals surface area (Å²) < 4.78 is 5.04. The van der Waals surface area contributed by atoms with Gasteiger partial charge in [0, 0.05) is 69.1 Å². The van der Waals surface area contributed by atoms with Gasteiger partial charge in [0.2, 0.25) is 11.3 Å². The monoisotopic (exact) mass is 913 g/mol. The highest BCUT2D eigenvalue weighted by molar-refractivity contribution is 6.63. The number of halogens is 1. The molecule has 17 heteroatoms. The summed E-state index contributed by atoms with van der Waals surface area (Å²) in [6, 6.07) is 19.7. The van der Waals surface area contributed by atoms with E-state index < -0.39 is 6.09 Å². The van der Waals surface area contributed by atoms with Gasteiger partial charge >= 0.3 is 6.09 Å². The number of unbranched alkanes of at least 4 members (excludes halogenated alkanes) is 6. The minimum absolute atomic E-state index is 0.106. The van der Waals surface area contributed by atoms with Gasteiger partial charge in [-0.25, -0.2) is 14.6 Å². The molecule has 0 bridgehead atoms. The summed E-state index contributed by atoms with van der Waals surface area (Å²) in [5.74, 6) is -1.51. The molecule has 0 aliphatic carbocycles. The topological polar surface area (TPSA) is 217 Å².